The Kier molecular flexibility index (Phi) is 5.38. The van der Waals surface area contributed by atoms with Gasteiger partial charge in [-0.3, -0.25) is 4.79 Å². The molecule has 1 aromatic rings. The third-order valence-electron chi connectivity index (χ3n) is 2.47. The van der Waals surface area contributed by atoms with Gasteiger partial charge in [0.05, 0.1) is 6.54 Å². The quantitative estimate of drug-likeness (QED) is 0.805. The van der Waals surface area contributed by atoms with Gasteiger partial charge in [0.1, 0.15) is 0 Å². The standard InChI is InChI=1S/C13H15ClN2O3/c1-15-12(17)8-16(2)11-5-4-10(14)7-9(11)3-6-13(18)19/h3-7H,8H2,1-2H3,(H,15,17)(H,18,19)/b6-3+. The van der Waals surface area contributed by atoms with Gasteiger partial charge in [0, 0.05) is 30.9 Å². The van der Waals surface area contributed by atoms with E-state index in [1.165, 1.54) is 6.08 Å². The molecule has 19 heavy (non-hydrogen) atoms. The van der Waals surface area contributed by atoms with Gasteiger partial charge < -0.3 is 15.3 Å². The van der Waals surface area contributed by atoms with Gasteiger partial charge >= 0.3 is 5.97 Å². The van der Waals surface area contributed by atoms with Crippen LogP contribution >= 0.6 is 11.6 Å². The molecular formula is C13H15ClN2O3. The molecule has 2 N–H and O–H groups in total. The van der Waals surface area contributed by atoms with Crippen molar-refractivity contribution in [3.63, 3.8) is 0 Å². The highest BCUT2D eigenvalue weighted by molar-refractivity contribution is 6.30. The van der Waals surface area contributed by atoms with Gasteiger partial charge in [0.25, 0.3) is 0 Å². The Bertz CT molecular complexity index is 515. The topological polar surface area (TPSA) is 69.6 Å². The average molecular weight is 283 g/mol. The second-order valence-corrected chi connectivity index (χ2v) is 4.34. The number of nitrogens with one attached hydrogen (secondary N) is 1. The van der Waals surface area contributed by atoms with Crippen LogP contribution in [0, 0.1) is 0 Å². The van der Waals surface area contributed by atoms with E-state index in [1.54, 1.807) is 37.2 Å². The van der Waals surface area contributed by atoms with Gasteiger partial charge in [-0.15, -0.1) is 0 Å². The number of carboxylic acids is 1. The zero-order valence-corrected chi connectivity index (χ0v) is 11.4. The van der Waals surface area contributed by atoms with E-state index in [1.807, 2.05) is 0 Å². The van der Waals surface area contributed by atoms with E-state index in [2.05, 4.69) is 5.32 Å². The highest BCUT2D eigenvalue weighted by atomic mass is 35.5. The van der Waals surface area contributed by atoms with Crippen molar-refractivity contribution in [2.75, 3.05) is 25.5 Å². The fraction of sp³-hybridized carbons (Fsp3) is 0.231. The first-order valence-electron chi connectivity index (χ1n) is 5.56. The van der Waals surface area contributed by atoms with Crippen LogP contribution in [0.15, 0.2) is 24.3 Å². The number of halogens is 1. The third kappa shape index (κ3) is 4.63. The van der Waals surface area contributed by atoms with Crippen molar-refractivity contribution in [3.05, 3.63) is 34.9 Å². The van der Waals surface area contributed by atoms with Gasteiger partial charge in [-0.05, 0) is 29.8 Å². The van der Waals surface area contributed by atoms with E-state index in [0.717, 1.165) is 11.8 Å². The average Bonchev–Trinajstić information content (AvgIpc) is 2.36. The van der Waals surface area contributed by atoms with Crippen LogP contribution in [0.5, 0.6) is 0 Å². The molecule has 0 bridgehead atoms. The molecule has 0 fully saturated rings. The van der Waals surface area contributed by atoms with Gasteiger partial charge in [0.2, 0.25) is 5.91 Å². The number of nitrogens with zero attached hydrogens (tertiary/aromatic N) is 1. The molecule has 6 heteroatoms. The van der Waals surface area contributed by atoms with Gasteiger partial charge in [-0.25, -0.2) is 4.79 Å². The summed E-state index contributed by atoms with van der Waals surface area (Å²) in [5.41, 5.74) is 1.37. The van der Waals surface area contributed by atoms with Crippen LogP contribution in [0.2, 0.25) is 5.02 Å². The lowest BCUT2D eigenvalue weighted by molar-refractivity contribution is -0.131. The number of aliphatic carboxylic acids is 1. The molecule has 1 amide bonds. The van der Waals surface area contributed by atoms with Crippen LogP contribution in [-0.4, -0.2) is 37.6 Å². The van der Waals surface area contributed by atoms with Crippen molar-refractivity contribution in [3.8, 4) is 0 Å². The number of likely N-dealkylation sites (N-methyl/N-ethyl adjacent to an activating group) is 2. The second-order valence-electron chi connectivity index (χ2n) is 3.90. The van der Waals surface area contributed by atoms with Crippen molar-refractivity contribution < 1.29 is 14.7 Å². The van der Waals surface area contributed by atoms with Crippen molar-refractivity contribution in [2.45, 2.75) is 0 Å². The molecule has 0 spiro atoms. The first kappa shape index (κ1) is 15.0. The van der Waals surface area contributed by atoms with Crippen molar-refractivity contribution in [1.29, 1.82) is 0 Å². The highest BCUT2D eigenvalue weighted by Gasteiger charge is 2.09. The minimum atomic E-state index is -1.04. The van der Waals surface area contributed by atoms with E-state index in [4.69, 9.17) is 16.7 Å². The normalized spacial score (nSPS) is 10.5. The molecule has 0 radical (unpaired) electrons. The van der Waals surface area contributed by atoms with E-state index in [-0.39, 0.29) is 12.5 Å². The Morgan fingerprint density at radius 2 is 2.16 bits per heavy atom. The Balaban J connectivity index is 3.05. The van der Waals surface area contributed by atoms with Crippen molar-refractivity contribution in [1.82, 2.24) is 5.32 Å². The minimum Gasteiger partial charge on any atom is -0.478 e. The predicted molar refractivity (Wildman–Crippen MR) is 75.5 cm³/mol. The predicted octanol–water partition coefficient (Wildman–Crippen LogP) is 1.62. The Morgan fingerprint density at radius 3 is 2.74 bits per heavy atom. The summed E-state index contributed by atoms with van der Waals surface area (Å²) in [6.07, 6.45) is 2.48. The number of anilines is 1. The van der Waals surface area contributed by atoms with Crippen LogP contribution in [0.25, 0.3) is 6.08 Å². The van der Waals surface area contributed by atoms with Gasteiger partial charge in [0.15, 0.2) is 0 Å². The summed E-state index contributed by atoms with van der Waals surface area (Å²) in [7, 11) is 3.31. The smallest absolute Gasteiger partial charge is 0.328 e. The number of carboxylic acid groups (broad SMARTS) is 1. The molecule has 0 unspecified atom stereocenters. The molecule has 1 rings (SSSR count). The number of carbonyl (C=O) groups excluding carboxylic acids is 1. The zero-order chi connectivity index (χ0) is 14.4. The highest BCUT2D eigenvalue weighted by Crippen LogP contribution is 2.24. The number of benzene rings is 1. The van der Waals surface area contributed by atoms with Crippen molar-refractivity contribution in [2.24, 2.45) is 0 Å². The number of carbonyl (C=O) groups is 2. The SMILES string of the molecule is CNC(=O)CN(C)c1ccc(Cl)cc1/C=C/C(=O)O. The molecule has 0 aromatic heterocycles. The van der Waals surface area contributed by atoms with Crippen LogP contribution < -0.4 is 10.2 Å². The maximum absolute atomic E-state index is 11.3. The molecule has 0 atom stereocenters. The molecule has 0 aliphatic rings. The summed E-state index contributed by atoms with van der Waals surface area (Å²) in [6, 6.07) is 5.08. The molecule has 1 aromatic carbocycles. The Labute approximate surface area is 116 Å². The van der Waals surface area contributed by atoms with E-state index >= 15 is 0 Å². The number of hydrogen-bond donors (Lipinski definition) is 2. The summed E-state index contributed by atoms with van der Waals surface area (Å²) in [5.74, 6) is -1.18. The molecule has 0 aliphatic heterocycles. The van der Waals surface area contributed by atoms with Crippen LogP contribution in [-0.2, 0) is 9.59 Å². The lowest BCUT2D eigenvalue weighted by Crippen LogP contribution is -2.33. The summed E-state index contributed by atoms with van der Waals surface area (Å²) >= 11 is 5.89. The van der Waals surface area contributed by atoms with E-state index in [0.29, 0.717) is 10.6 Å². The molecule has 0 saturated heterocycles. The van der Waals surface area contributed by atoms with Gasteiger partial charge in [-0.1, -0.05) is 11.6 Å². The number of hydrogen-bond acceptors (Lipinski definition) is 3. The largest absolute Gasteiger partial charge is 0.478 e. The summed E-state index contributed by atoms with van der Waals surface area (Å²) in [6.45, 7) is 0.173. The summed E-state index contributed by atoms with van der Waals surface area (Å²) < 4.78 is 0. The number of rotatable bonds is 5. The Morgan fingerprint density at radius 1 is 1.47 bits per heavy atom. The summed E-state index contributed by atoms with van der Waals surface area (Å²) in [5, 5.41) is 11.7. The molecule has 102 valence electrons. The van der Waals surface area contributed by atoms with Crippen molar-refractivity contribution >= 4 is 35.2 Å². The summed E-state index contributed by atoms with van der Waals surface area (Å²) in [4.78, 5) is 23.6. The molecule has 0 saturated carbocycles. The van der Waals surface area contributed by atoms with Crippen LogP contribution in [0.4, 0.5) is 5.69 Å². The van der Waals surface area contributed by atoms with Crippen LogP contribution in [0.3, 0.4) is 0 Å². The molecule has 0 aliphatic carbocycles. The minimum absolute atomic E-state index is 0.134. The molecular weight excluding hydrogens is 268 g/mol. The maximum atomic E-state index is 11.3. The lowest BCUT2D eigenvalue weighted by Gasteiger charge is -2.20. The maximum Gasteiger partial charge on any atom is 0.328 e. The lowest BCUT2D eigenvalue weighted by atomic mass is 10.1. The number of amides is 1. The fourth-order valence-electron chi connectivity index (χ4n) is 1.55. The molecule has 5 nitrogen and oxygen atoms in total. The molecule has 0 heterocycles. The Hall–Kier alpha value is -2.01. The van der Waals surface area contributed by atoms with Gasteiger partial charge in [-0.2, -0.15) is 0 Å². The van der Waals surface area contributed by atoms with Crippen LogP contribution in [0.1, 0.15) is 5.56 Å². The fourth-order valence-corrected chi connectivity index (χ4v) is 1.73. The first-order chi connectivity index (χ1) is 8.93. The second kappa shape index (κ2) is 6.80. The zero-order valence-electron chi connectivity index (χ0n) is 10.7. The monoisotopic (exact) mass is 282 g/mol. The van der Waals surface area contributed by atoms with E-state index in [9.17, 15) is 9.59 Å². The first-order valence-corrected chi connectivity index (χ1v) is 5.94. The van der Waals surface area contributed by atoms with E-state index < -0.39 is 5.97 Å². The third-order valence-corrected chi connectivity index (χ3v) is 2.70.